The number of nitrogens with one attached hydrogen (secondary N) is 1. The number of hydrogen-bond acceptors (Lipinski definition) is 8. The number of non-ortho nitro benzene ring substituents is 1. The summed E-state index contributed by atoms with van der Waals surface area (Å²) < 4.78 is 6.56. The molecule has 1 heterocycles. The molecule has 1 aromatic heterocycles. The van der Waals surface area contributed by atoms with Crippen molar-refractivity contribution in [2.45, 2.75) is 33.3 Å². The van der Waals surface area contributed by atoms with Crippen LogP contribution in [0, 0.1) is 27.2 Å². The van der Waals surface area contributed by atoms with Crippen LogP contribution in [0.1, 0.15) is 26.3 Å². The Balaban J connectivity index is 0.000000296. The highest BCUT2D eigenvalue weighted by molar-refractivity contribution is 5.85. The highest BCUT2D eigenvalue weighted by Gasteiger charge is 2.17. The van der Waals surface area contributed by atoms with Gasteiger partial charge < -0.3 is 9.84 Å². The summed E-state index contributed by atoms with van der Waals surface area (Å²) in [4.78, 5) is 30.1. The zero-order chi connectivity index (χ0) is 22.4. The summed E-state index contributed by atoms with van der Waals surface area (Å²) in [6.07, 6.45) is 2.90. The van der Waals surface area contributed by atoms with Crippen LogP contribution in [-0.4, -0.2) is 21.5 Å². The Morgan fingerprint density at radius 1 is 1.17 bits per heavy atom. The predicted molar refractivity (Wildman–Crippen MR) is 101 cm³/mol. The SMILES string of the molecule is Cc1c[n+](N)ccc1NC(=O)OC(C)(C)C.O=[N+]([O-])c1ccc([O-])c([N+](=O)[O-])c1. The van der Waals surface area contributed by atoms with E-state index in [4.69, 9.17) is 10.6 Å². The van der Waals surface area contributed by atoms with Crippen molar-refractivity contribution in [3.8, 4) is 5.75 Å². The van der Waals surface area contributed by atoms with Gasteiger partial charge in [-0.3, -0.25) is 25.5 Å². The number of amides is 1. The van der Waals surface area contributed by atoms with Gasteiger partial charge >= 0.3 is 6.09 Å². The predicted octanol–water partition coefficient (Wildman–Crippen LogP) is 1.92. The number of ether oxygens (including phenoxy) is 1. The lowest BCUT2D eigenvalue weighted by atomic mass is 10.2. The maximum atomic E-state index is 11.5. The minimum absolute atomic E-state index is 0.466. The molecule has 0 aliphatic heterocycles. The Morgan fingerprint density at radius 3 is 2.28 bits per heavy atom. The first-order chi connectivity index (χ1) is 13.3. The molecule has 12 heteroatoms. The van der Waals surface area contributed by atoms with Crippen LogP contribution < -0.4 is 20.9 Å². The number of nitrogen functional groups attached to an aromatic ring is 1. The van der Waals surface area contributed by atoms with E-state index in [9.17, 15) is 30.1 Å². The van der Waals surface area contributed by atoms with Gasteiger partial charge in [-0.25, -0.2) is 10.6 Å². The third-order valence-electron chi connectivity index (χ3n) is 3.17. The molecule has 3 N–H and O–H groups in total. The van der Waals surface area contributed by atoms with Crippen molar-refractivity contribution >= 4 is 23.2 Å². The van der Waals surface area contributed by atoms with Crippen LogP contribution in [0.2, 0.25) is 0 Å². The Kier molecular flexibility index (Phi) is 7.40. The fourth-order valence-corrected chi connectivity index (χ4v) is 1.94. The van der Waals surface area contributed by atoms with Crippen molar-refractivity contribution < 1.29 is 29.2 Å². The Morgan fingerprint density at radius 2 is 1.79 bits per heavy atom. The number of rotatable bonds is 3. The van der Waals surface area contributed by atoms with E-state index in [1.165, 1.54) is 4.68 Å². The highest BCUT2D eigenvalue weighted by atomic mass is 16.6. The number of carbonyl (C=O) groups is 1. The minimum Gasteiger partial charge on any atom is -0.868 e. The lowest BCUT2D eigenvalue weighted by Crippen LogP contribution is -2.43. The molecule has 0 bridgehead atoms. The number of anilines is 1. The largest absolute Gasteiger partial charge is 0.868 e. The number of carbonyl (C=O) groups excluding carboxylic acids is 1. The van der Waals surface area contributed by atoms with E-state index in [0.29, 0.717) is 11.8 Å². The molecule has 0 aliphatic rings. The first kappa shape index (κ1) is 23.1. The summed E-state index contributed by atoms with van der Waals surface area (Å²) in [6.45, 7) is 7.31. The molecule has 1 aromatic carbocycles. The molecule has 0 unspecified atom stereocenters. The third-order valence-corrected chi connectivity index (χ3v) is 3.17. The van der Waals surface area contributed by atoms with Gasteiger partial charge in [0, 0.05) is 17.7 Å². The zero-order valence-corrected chi connectivity index (χ0v) is 16.2. The average Bonchev–Trinajstić information content (AvgIpc) is 2.56. The van der Waals surface area contributed by atoms with Crippen LogP contribution in [0.5, 0.6) is 5.75 Å². The minimum atomic E-state index is -0.949. The topological polar surface area (TPSA) is 178 Å². The molecule has 29 heavy (non-hydrogen) atoms. The summed E-state index contributed by atoms with van der Waals surface area (Å²) in [5.74, 6) is 4.70. The second kappa shape index (κ2) is 9.30. The van der Waals surface area contributed by atoms with Crippen molar-refractivity contribution in [3.05, 3.63) is 62.5 Å². The van der Waals surface area contributed by atoms with E-state index >= 15 is 0 Å². The quantitative estimate of drug-likeness (QED) is 0.335. The van der Waals surface area contributed by atoms with Gasteiger partial charge in [-0.05, 0) is 33.4 Å². The highest BCUT2D eigenvalue weighted by Crippen LogP contribution is 2.27. The molecule has 12 nitrogen and oxygen atoms in total. The second-order valence-corrected chi connectivity index (χ2v) is 6.78. The van der Waals surface area contributed by atoms with Gasteiger partial charge in [-0.2, -0.15) is 0 Å². The lowest BCUT2D eigenvalue weighted by molar-refractivity contribution is -0.639. The molecular weight excluding hydrogens is 386 g/mol. The van der Waals surface area contributed by atoms with Gasteiger partial charge in [0.15, 0.2) is 0 Å². The molecule has 0 fully saturated rings. The molecule has 2 aromatic rings. The average molecular weight is 407 g/mol. The zero-order valence-electron chi connectivity index (χ0n) is 16.2. The van der Waals surface area contributed by atoms with Crippen LogP contribution in [0.15, 0.2) is 36.7 Å². The summed E-state index contributed by atoms with van der Waals surface area (Å²) in [5, 5.41) is 33.8. The third kappa shape index (κ3) is 7.66. The summed E-state index contributed by atoms with van der Waals surface area (Å²) >= 11 is 0. The lowest BCUT2D eigenvalue weighted by Gasteiger charge is -2.19. The van der Waals surface area contributed by atoms with Gasteiger partial charge in [0.25, 0.3) is 11.4 Å². The monoisotopic (exact) mass is 407 g/mol. The van der Waals surface area contributed by atoms with Gasteiger partial charge in [-0.1, -0.05) is 10.7 Å². The number of aryl methyl sites for hydroxylation is 1. The van der Waals surface area contributed by atoms with Gasteiger partial charge in [-0.15, -0.1) is 0 Å². The first-order valence-electron chi connectivity index (χ1n) is 8.17. The number of pyridine rings is 1. The van der Waals surface area contributed by atoms with Crippen LogP contribution in [-0.2, 0) is 4.74 Å². The number of nitro benzene ring substituents is 2. The molecule has 0 radical (unpaired) electrons. The van der Waals surface area contributed by atoms with E-state index < -0.39 is 38.7 Å². The fraction of sp³-hybridized carbons (Fsp3) is 0.294. The molecule has 156 valence electrons. The van der Waals surface area contributed by atoms with Crippen molar-refractivity contribution in [2.24, 2.45) is 0 Å². The number of hydrogen-bond donors (Lipinski definition) is 2. The van der Waals surface area contributed by atoms with E-state index in [1.807, 2.05) is 27.7 Å². The van der Waals surface area contributed by atoms with Crippen molar-refractivity contribution in [1.82, 2.24) is 0 Å². The van der Waals surface area contributed by atoms with Crippen LogP contribution in [0.4, 0.5) is 21.9 Å². The first-order valence-corrected chi connectivity index (χ1v) is 8.17. The number of nitro groups is 2. The molecule has 0 atom stereocenters. The van der Waals surface area contributed by atoms with E-state index in [-0.39, 0.29) is 0 Å². The molecule has 0 saturated carbocycles. The van der Waals surface area contributed by atoms with E-state index in [2.05, 4.69) is 5.32 Å². The van der Waals surface area contributed by atoms with Gasteiger partial charge in [0.05, 0.1) is 21.6 Å². The van der Waals surface area contributed by atoms with Crippen molar-refractivity contribution in [1.29, 1.82) is 0 Å². The number of nitrogens with zero attached hydrogens (tertiary/aromatic N) is 3. The smallest absolute Gasteiger partial charge is 0.412 e. The number of benzene rings is 1. The molecule has 0 aliphatic carbocycles. The molecule has 0 saturated heterocycles. The second-order valence-electron chi connectivity index (χ2n) is 6.78. The summed E-state index contributed by atoms with van der Waals surface area (Å²) in [7, 11) is 0. The standard InChI is InChI=1S/C11H17N3O2.C6H4N2O5/c1-8-7-14(12)6-5-9(8)13-10(15)16-11(2,3)4;9-6-2-1-4(7(10)11)3-5(6)8(12)13/h5-7H,12H2,1-4H3;1-3,9H. The maximum Gasteiger partial charge on any atom is 0.412 e. The van der Waals surface area contributed by atoms with Gasteiger partial charge in [0.1, 0.15) is 5.60 Å². The van der Waals surface area contributed by atoms with Gasteiger partial charge in [0.2, 0.25) is 12.4 Å². The van der Waals surface area contributed by atoms with E-state index in [1.54, 1.807) is 18.5 Å². The number of aromatic nitrogens is 1. The normalized spacial score (nSPS) is 10.3. The Bertz CT molecular complexity index is 925. The summed E-state index contributed by atoms with van der Waals surface area (Å²) in [6, 6.07) is 4.09. The number of nitrogens with two attached hydrogens (primary N) is 1. The summed E-state index contributed by atoms with van der Waals surface area (Å²) in [5.41, 5.74) is -0.187. The Hall–Kier alpha value is -3.96. The van der Waals surface area contributed by atoms with E-state index in [0.717, 1.165) is 17.7 Å². The fourth-order valence-electron chi connectivity index (χ4n) is 1.94. The van der Waals surface area contributed by atoms with Crippen molar-refractivity contribution in [3.63, 3.8) is 0 Å². The van der Waals surface area contributed by atoms with Crippen LogP contribution >= 0.6 is 0 Å². The van der Waals surface area contributed by atoms with Crippen LogP contribution in [0.3, 0.4) is 0 Å². The Labute approximate surface area is 165 Å². The maximum absolute atomic E-state index is 11.5. The molecule has 0 spiro atoms. The molecule has 1 amide bonds. The molecule has 2 rings (SSSR count). The van der Waals surface area contributed by atoms with Crippen molar-refractivity contribution in [2.75, 3.05) is 11.2 Å². The molecular formula is C17H21N5O7. The van der Waals surface area contributed by atoms with Crippen LogP contribution in [0.25, 0.3) is 0 Å².